The van der Waals surface area contributed by atoms with Crippen molar-refractivity contribution in [2.45, 2.75) is 18.9 Å². The maximum Gasteiger partial charge on any atom is 0.227 e. The molecule has 2 heterocycles. The Balaban J connectivity index is 1.53. The number of fused-ring (bicyclic) bond motifs is 1. The van der Waals surface area contributed by atoms with Gasteiger partial charge in [-0.2, -0.15) is 0 Å². The standard InChI is InChI=1S/C20H22N2O/c23-20(22-11-10-15-6-4-5-9-17(15)14-22)19-13-21-12-18(19)16-7-2-1-3-8-16/h1-9,18-19,21H,10-14H2. The topological polar surface area (TPSA) is 32.3 Å². The highest BCUT2D eigenvalue weighted by atomic mass is 16.2. The maximum absolute atomic E-state index is 13.1. The van der Waals surface area contributed by atoms with Crippen LogP contribution in [0.3, 0.4) is 0 Å². The average Bonchev–Trinajstić information content (AvgIpc) is 3.11. The Hall–Kier alpha value is -2.13. The molecule has 2 aliphatic heterocycles. The number of amides is 1. The van der Waals surface area contributed by atoms with Gasteiger partial charge in [0, 0.05) is 32.1 Å². The first kappa shape index (κ1) is 14.5. The monoisotopic (exact) mass is 306 g/mol. The van der Waals surface area contributed by atoms with Crippen LogP contribution in [-0.2, 0) is 17.8 Å². The molecule has 1 fully saturated rings. The van der Waals surface area contributed by atoms with Crippen molar-refractivity contribution in [3.8, 4) is 0 Å². The Morgan fingerprint density at radius 3 is 2.52 bits per heavy atom. The summed E-state index contributed by atoms with van der Waals surface area (Å²) in [5.41, 5.74) is 3.96. The third-order valence-electron chi connectivity index (χ3n) is 5.20. The summed E-state index contributed by atoms with van der Waals surface area (Å²) in [7, 11) is 0. The Kier molecular flexibility index (Phi) is 3.88. The zero-order valence-electron chi connectivity index (χ0n) is 13.2. The molecule has 0 bridgehead atoms. The van der Waals surface area contributed by atoms with Crippen LogP contribution in [0.15, 0.2) is 54.6 Å². The van der Waals surface area contributed by atoms with E-state index in [1.54, 1.807) is 0 Å². The molecule has 23 heavy (non-hydrogen) atoms. The van der Waals surface area contributed by atoms with Gasteiger partial charge in [-0.25, -0.2) is 0 Å². The van der Waals surface area contributed by atoms with Crippen LogP contribution in [-0.4, -0.2) is 30.4 Å². The molecule has 0 aromatic heterocycles. The lowest BCUT2D eigenvalue weighted by Gasteiger charge is -2.32. The number of nitrogens with one attached hydrogen (secondary N) is 1. The first-order valence-corrected chi connectivity index (χ1v) is 8.44. The smallest absolute Gasteiger partial charge is 0.227 e. The highest BCUT2D eigenvalue weighted by Gasteiger charge is 2.37. The van der Waals surface area contributed by atoms with Crippen LogP contribution in [0.25, 0.3) is 0 Å². The Morgan fingerprint density at radius 2 is 1.70 bits per heavy atom. The molecule has 1 saturated heterocycles. The first-order chi connectivity index (χ1) is 11.3. The number of benzene rings is 2. The van der Waals surface area contributed by atoms with Crippen molar-refractivity contribution in [2.24, 2.45) is 5.92 Å². The Bertz CT molecular complexity index is 698. The van der Waals surface area contributed by atoms with Gasteiger partial charge in [0.1, 0.15) is 0 Å². The fourth-order valence-electron chi connectivity index (χ4n) is 3.91. The minimum Gasteiger partial charge on any atom is -0.338 e. The SMILES string of the molecule is O=C(C1CNCC1c1ccccc1)N1CCc2ccccc2C1. The van der Waals surface area contributed by atoms with Crippen molar-refractivity contribution in [2.75, 3.05) is 19.6 Å². The highest BCUT2D eigenvalue weighted by Crippen LogP contribution is 2.31. The number of hydrogen-bond acceptors (Lipinski definition) is 2. The van der Waals surface area contributed by atoms with Gasteiger partial charge < -0.3 is 10.2 Å². The number of carbonyl (C=O) groups is 1. The Morgan fingerprint density at radius 1 is 0.957 bits per heavy atom. The summed E-state index contributed by atoms with van der Waals surface area (Å²) in [6.45, 7) is 3.28. The van der Waals surface area contributed by atoms with Gasteiger partial charge in [-0.3, -0.25) is 4.79 Å². The third kappa shape index (κ3) is 2.77. The molecule has 1 N–H and O–H groups in total. The van der Waals surface area contributed by atoms with Crippen LogP contribution in [0.5, 0.6) is 0 Å². The van der Waals surface area contributed by atoms with Gasteiger partial charge in [0.05, 0.1) is 5.92 Å². The van der Waals surface area contributed by atoms with Crippen molar-refractivity contribution >= 4 is 5.91 Å². The second kappa shape index (κ2) is 6.17. The summed E-state index contributed by atoms with van der Waals surface area (Å²) in [5, 5.41) is 3.41. The van der Waals surface area contributed by atoms with Crippen molar-refractivity contribution < 1.29 is 4.79 Å². The highest BCUT2D eigenvalue weighted by molar-refractivity contribution is 5.81. The van der Waals surface area contributed by atoms with Crippen molar-refractivity contribution in [3.63, 3.8) is 0 Å². The fourth-order valence-corrected chi connectivity index (χ4v) is 3.91. The summed E-state index contributed by atoms with van der Waals surface area (Å²) in [5.74, 6) is 0.655. The normalized spacial score (nSPS) is 23.6. The minimum atomic E-state index is 0.0580. The van der Waals surface area contributed by atoms with E-state index in [1.165, 1.54) is 16.7 Å². The zero-order chi connectivity index (χ0) is 15.6. The van der Waals surface area contributed by atoms with E-state index in [9.17, 15) is 4.79 Å². The van der Waals surface area contributed by atoms with E-state index in [2.05, 4.69) is 58.7 Å². The van der Waals surface area contributed by atoms with Crippen LogP contribution in [0, 0.1) is 5.92 Å². The molecule has 2 atom stereocenters. The molecule has 2 aliphatic rings. The molecule has 3 nitrogen and oxygen atoms in total. The molecule has 1 amide bonds. The molecular formula is C20H22N2O. The van der Waals surface area contributed by atoms with Gasteiger partial charge in [0.25, 0.3) is 0 Å². The number of hydrogen-bond donors (Lipinski definition) is 1. The molecule has 2 unspecified atom stereocenters. The van der Waals surface area contributed by atoms with Crippen LogP contribution in [0.4, 0.5) is 0 Å². The van der Waals surface area contributed by atoms with E-state index < -0.39 is 0 Å². The van der Waals surface area contributed by atoms with Gasteiger partial charge in [-0.15, -0.1) is 0 Å². The van der Waals surface area contributed by atoms with E-state index in [4.69, 9.17) is 0 Å². The summed E-state index contributed by atoms with van der Waals surface area (Å²) in [6.07, 6.45) is 0.970. The predicted molar refractivity (Wildman–Crippen MR) is 91.1 cm³/mol. The summed E-state index contributed by atoms with van der Waals surface area (Å²) < 4.78 is 0. The van der Waals surface area contributed by atoms with E-state index in [-0.39, 0.29) is 5.92 Å². The van der Waals surface area contributed by atoms with Gasteiger partial charge in [-0.05, 0) is 23.1 Å². The van der Waals surface area contributed by atoms with Crippen LogP contribution < -0.4 is 5.32 Å². The minimum absolute atomic E-state index is 0.0580. The molecule has 0 spiro atoms. The largest absolute Gasteiger partial charge is 0.338 e. The van der Waals surface area contributed by atoms with E-state index >= 15 is 0 Å². The number of nitrogens with zero attached hydrogens (tertiary/aromatic N) is 1. The van der Waals surface area contributed by atoms with Crippen LogP contribution in [0.2, 0.25) is 0 Å². The molecule has 0 aliphatic carbocycles. The van der Waals surface area contributed by atoms with Gasteiger partial charge in [0.15, 0.2) is 0 Å². The predicted octanol–water partition coefficient (Wildman–Crippen LogP) is 2.57. The van der Waals surface area contributed by atoms with Crippen LogP contribution >= 0.6 is 0 Å². The summed E-state index contributed by atoms with van der Waals surface area (Å²) in [4.78, 5) is 15.1. The number of carbonyl (C=O) groups excluding carboxylic acids is 1. The second-order valence-corrected chi connectivity index (χ2v) is 6.56. The van der Waals surface area contributed by atoms with Gasteiger partial charge in [0.2, 0.25) is 5.91 Å². The van der Waals surface area contributed by atoms with Crippen molar-refractivity contribution in [1.82, 2.24) is 10.2 Å². The summed E-state index contributed by atoms with van der Waals surface area (Å²) in [6, 6.07) is 18.9. The lowest BCUT2D eigenvalue weighted by Crippen LogP contribution is -2.41. The molecule has 2 aromatic rings. The van der Waals surface area contributed by atoms with E-state index in [1.807, 2.05) is 6.07 Å². The van der Waals surface area contributed by atoms with Crippen molar-refractivity contribution in [3.05, 3.63) is 71.3 Å². The van der Waals surface area contributed by atoms with E-state index in [0.29, 0.717) is 11.8 Å². The quantitative estimate of drug-likeness (QED) is 0.925. The second-order valence-electron chi connectivity index (χ2n) is 6.56. The average molecular weight is 306 g/mol. The van der Waals surface area contributed by atoms with Crippen LogP contribution in [0.1, 0.15) is 22.6 Å². The molecule has 0 radical (unpaired) electrons. The fraction of sp³-hybridized carbons (Fsp3) is 0.350. The molecule has 118 valence electrons. The van der Waals surface area contributed by atoms with Gasteiger partial charge in [-0.1, -0.05) is 54.6 Å². The zero-order valence-corrected chi connectivity index (χ0v) is 13.2. The molecule has 2 aromatic carbocycles. The lowest BCUT2D eigenvalue weighted by molar-refractivity contribution is -0.136. The molecule has 4 rings (SSSR count). The Labute approximate surface area is 137 Å². The van der Waals surface area contributed by atoms with Crippen molar-refractivity contribution in [1.29, 1.82) is 0 Å². The van der Waals surface area contributed by atoms with E-state index in [0.717, 1.165) is 32.6 Å². The maximum atomic E-state index is 13.1. The number of rotatable bonds is 2. The molecular weight excluding hydrogens is 284 g/mol. The summed E-state index contributed by atoms with van der Waals surface area (Å²) >= 11 is 0. The lowest BCUT2D eigenvalue weighted by atomic mass is 9.87. The molecule has 3 heteroatoms. The van der Waals surface area contributed by atoms with Gasteiger partial charge >= 0.3 is 0 Å². The third-order valence-corrected chi connectivity index (χ3v) is 5.20. The molecule has 0 saturated carbocycles. The first-order valence-electron chi connectivity index (χ1n) is 8.44.